The number of rotatable bonds is 8. The van der Waals surface area contributed by atoms with Crippen LogP contribution in [-0.4, -0.2) is 60.9 Å². The highest BCUT2D eigenvalue weighted by Crippen LogP contribution is 2.22. The van der Waals surface area contributed by atoms with Crippen molar-refractivity contribution < 1.29 is 19.1 Å². The van der Waals surface area contributed by atoms with Crippen LogP contribution in [0.15, 0.2) is 30.5 Å². The van der Waals surface area contributed by atoms with Crippen LogP contribution in [0.3, 0.4) is 0 Å². The summed E-state index contributed by atoms with van der Waals surface area (Å²) in [6, 6.07) is 5.24. The minimum atomic E-state index is -0.996. The van der Waals surface area contributed by atoms with Gasteiger partial charge in [-0.1, -0.05) is 60.1 Å². The lowest BCUT2D eigenvalue weighted by molar-refractivity contribution is -0.137. The number of nitrogens with zero attached hydrogens (tertiary/aromatic N) is 1. The molecule has 0 fully saturated rings. The molecule has 8 nitrogen and oxygen atoms in total. The van der Waals surface area contributed by atoms with Gasteiger partial charge in [0, 0.05) is 6.20 Å². The maximum Gasteiger partial charge on any atom is 0.247 e. The summed E-state index contributed by atoms with van der Waals surface area (Å²) < 4.78 is 6.31. The van der Waals surface area contributed by atoms with E-state index >= 15 is 0 Å². The molecule has 0 aromatic heterocycles. The molecule has 200 valence electrons. The number of likely N-dealkylation sites (N-methyl/N-ethyl adjacent to an activating group) is 1. The summed E-state index contributed by atoms with van der Waals surface area (Å²) in [5.74, 6) is -0.241. The zero-order chi connectivity index (χ0) is 27.0. The topological polar surface area (TPSA) is 99.8 Å². The van der Waals surface area contributed by atoms with Gasteiger partial charge in [0.2, 0.25) is 17.7 Å². The van der Waals surface area contributed by atoms with E-state index < -0.39 is 30.1 Å². The standard InChI is InChI=1S/C28H44N4O4/c1-9-19(6)24(32(7)8)28(35)31-23-25(18(4)5)36-21-12-10-20(11-13-21)14-15-29-26(33)22(16-17(2)3)30-27(23)34/h10-15,17-19,22-25H,9,16H2,1-8H3,(H,29,33)(H,30,34)(H,31,35)/t19?,22-,23-,24-,25+/m0/s1. The summed E-state index contributed by atoms with van der Waals surface area (Å²) in [7, 11) is 3.72. The molecule has 5 atom stereocenters. The molecule has 0 aliphatic carbocycles. The Morgan fingerprint density at radius 2 is 1.69 bits per heavy atom. The maximum atomic E-state index is 13.7. The fraction of sp³-hybridized carbons (Fsp3) is 0.607. The molecule has 1 unspecified atom stereocenters. The molecule has 2 bridgehead atoms. The summed E-state index contributed by atoms with van der Waals surface area (Å²) >= 11 is 0. The van der Waals surface area contributed by atoms with Gasteiger partial charge in [-0.3, -0.25) is 19.3 Å². The molecule has 0 spiro atoms. The number of nitrogens with one attached hydrogen (secondary N) is 3. The second-order valence-corrected chi connectivity index (χ2v) is 10.7. The molecule has 3 rings (SSSR count). The minimum Gasteiger partial charge on any atom is -0.487 e. The van der Waals surface area contributed by atoms with Gasteiger partial charge in [0.15, 0.2) is 0 Å². The van der Waals surface area contributed by atoms with Gasteiger partial charge in [-0.2, -0.15) is 0 Å². The van der Waals surface area contributed by atoms with E-state index in [9.17, 15) is 14.4 Å². The van der Waals surface area contributed by atoms with Crippen LogP contribution in [0.2, 0.25) is 0 Å². The fourth-order valence-electron chi connectivity index (χ4n) is 4.45. The van der Waals surface area contributed by atoms with E-state index in [0.717, 1.165) is 12.0 Å². The molecule has 0 saturated heterocycles. The largest absolute Gasteiger partial charge is 0.487 e. The first-order valence-electron chi connectivity index (χ1n) is 12.9. The third kappa shape index (κ3) is 8.08. The van der Waals surface area contributed by atoms with Crippen molar-refractivity contribution in [2.75, 3.05) is 14.1 Å². The Kier molecular flexibility index (Phi) is 11.0. The Morgan fingerprint density at radius 1 is 1.06 bits per heavy atom. The quantitative estimate of drug-likeness (QED) is 0.509. The van der Waals surface area contributed by atoms with Crippen molar-refractivity contribution in [1.82, 2.24) is 20.9 Å². The zero-order valence-corrected chi connectivity index (χ0v) is 23.0. The van der Waals surface area contributed by atoms with Crippen LogP contribution in [0.4, 0.5) is 0 Å². The van der Waals surface area contributed by atoms with Crippen LogP contribution < -0.4 is 20.7 Å². The number of carbonyl (C=O) groups excluding carboxylic acids is 3. The lowest BCUT2D eigenvalue weighted by atomic mass is 9.94. The average molecular weight is 501 g/mol. The molecule has 3 amide bonds. The number of hydrogen-bond acceptors (Lipinski definition) is 5. The molecule has 2 aliphatic heterocycles. The zero-order valence-electron chi connectivity index (χ0n) is 23.0. The summed E-state index contributed by atoms with van der Waals surface area (Å²) in [5, 5.41) is 8.68. The number of ether oxygens (including phenoxy) is 1. The molecular formula is C28H44N4O4. The highest BCUT2D eigenvalue weighted by Gasteiger charge is 2.38. The van der Waals surface area contributed by atoms with Crippen molar-refractivity contribution in [2.45, 2.75) is 78.6 Å². The number of carbonyl (C=O) groups is 3. The summed E-state index contributed by atoms with van der Waals surface area (Å²) in [5.41, 5.74) is 0.900. The summed E-state index contributed by atoms with van der Waals surface area (Å²) in [6.07, 6.45) is 3.99. The summed E-state index contributed by atoms with van der Waals surface area (Å²) in [4.78, 5) is 42.1. The lowest BCUT2D eigenvalue weighted by Gasteiger charge is -2.35. The van der Waals surface area contributed by atoms with Crippen LogP contribution in [0.1, 0.15) is 59.9 Å². The van der Waals surface area contributed by atoms with Gasteiger partial charge in [0.05, 0.1) is 6.04 Å². The average Bonchev–Trinajstić information content (AvgIpc) is 2.80. The van der Waals surface area contributed by atoms with E-state index in [0.29, 0.717) is 12.2 Å². The molecule has 1 aromatic carbocycles. The van der Waals surface area contributed by atoms with Gasteiger partial charge in [0.1, 0.15) is 23.9 Å². The normalized spacial score (nSPS) is 22.6. The van der Waals surface area contributed by atoms with Gasteiger partial charge in [0.25, 0.3) is 0 Å². The molecular weight excluding hydrogens is 456 g/mol. The Bertz CT molecular complexity index is 911. The molecule has 0 saturated carbocycles. The Morgan fingerprint density at radius 3 is 2.22 bits per heavy atom. The molecule has 8 heteroatoms. The summed E-state index contributed by atoms with van der Waals surface area (Å²) in [6.45, 7) is 12.0. The second kappa shape index (κ2) is 13.4. The van der Waals surface area contributed by atoms with Crippen LogP contribution in [-0.2, 0) is 14.4 Å². The van der Waals surface area contributed by atoms with E-state index in [-0.39, 0.29) is 29.6 Å². The lowest BCUT2D eigenvalue weighted by Crippen LogP contribution is -2.62. The van der Waals surface area contributed by atoms with Crippen molar-refractivity contribution in [2.24, 2.45) is 17.8 Å². The van der Waals surface area contributed by atoms with Gasteiger partial charge < -0.3 is 20.7 Å². The highest BCUT2D eigenvalue weighted by atomic mass is 16.5. The smallest absolute Gasteiger partial charge is 0.247 e. The first-order chi connectivity index (χ1) is 16.9. The van der Waals surface area contributed by atoms with Crippen LogP contribution in [0, 0.1) is 17.8 Å². The van der Waals surface area contributed by atoms with Gasteiger partial charge in [-0.15, -0.1) is 0 Å². The Balaban J connectivity index is 2.52. The molecule has 1 aromatic rings. The van der Waals surface area contributed by atoms with E-state index in [1.807, 2.05) is 84.8 Å². The van der Waals surface area contributed by atoms with E-state index in [1.165, 1.54) is 0 Å². The third-order valence-corrected chi connectivity index (χ3v) is 6.57. The molecule has 3 N–H and O–H groups in total. The number of amides is 3. The van der Waals surface area contributed by atoms with Crippen molar-refractivity contribution in [3.05, 3.63) is 36.0 Å². The molecule has 2 aliphatic rings. The van der Waals surface area contributed by atoms with Gasteiger partial charge in [-0.25, -0.2) is 0 Å². The van der Waals surface area contributed by atoms with Crippen LogP contribution >= 0.6 is 0 Å². The Hall–Kier alpha value is -2.87. The van der Waals surface area contributed by atoms with E-state index in [4.69, 9.17) is 4.74 Å². The highest BCUT2D eigenvalue weighted by molar-refractivity contribution is 5.94. The maximum absolute atomic E-state index is 13.7. The monoisotopic (exact) mass is 500 g/mol. The molecule has 36 heavy (non-hydrogen) atoms. The minimum absolute atomic E-state index is 0.0822. The predicted octanol–water partition coefficient (Wildman–Crippen LogP) is 3.18. The van der Waals surface area contributed by atoms with Crippen molar-refractivity contribution in [1.29, 1.82) is 0 Å². The van der Waals surface area contributed by atoms with Crippen molar-refractivity contribution in [3.63, 3.8) is 0 Å². The Labute approximate surface area is 216 Å². The van der Waals surface area contributed by atoms with Gasteiger partial charge in [-0.05, 0) is 62.0 Å². The van der Waals surface area contributed by atoms with Crippen molar-refractivity contribution in [3.8, 4) is 5.75 Å². The van der Waals surface area contributed by atoms with Crippen LogP contribution in [0.25, 0.3) is 6.08 Å². The number of hydrogen-bond donors (Lipinski definition) is 3. The SMILES string of the molecule is CCC(C)[C@@H](C(=O)N[C@@H]1C(=O)N[C@@H](CC(C)C)C(=O)NC=Cc2ccc(cc2)O[C@@H]1C(C)C)N(C)C. The van der Waals surface area contributed by atoms with E-state index in [1.54, 1.807) is 12.3 Å². The first-order valence-corrected chi connectivity index (χ1v) is 12.9. The van der Waals surface area contributed by atoms with Crippen molar-refractivity contribution >= 4 is 23.8 Å². The van der Waals surface area contributed by atoms with Crippen LogP contribution in [0.5, 0.6) is 5.75 Å². The third-order valence-electron chi connectivity index (χ3n) is 6.57. The number of benzene rings is 1. The van der Waals surface area contributed by atoms with Gasteiger partial charge >= 0.3 is 0 Å². The second-order valence-electron chi connectivity index (χ2n) is 10.7. The molecule has 2 heterocycles. The molecule has 0 radical (unpaired) electrons. The van der Waals surface area contributed by atoms with E-state index in [2.05, 4.69) is 16.0 Å². The predicted molar refractivity (Wildman–Crippen MR) is 143 cm³/mol. The fourth-order valence-corrected chi connectivity index (χ4v) is 4.45. The number of fused-ring (bicyclic) bond motifs is 10. The first kappa shape index (κ1) is 29.4.